The fourth-order valence-electron chi connectivity index (χ4n) is 1.60. The Morgan fingerprint density at radius 3 is 2.47 bits per heavy atom. The van der Waals surface area contributed by atoms with Gasteiger partial charge in [-0.25, -0.2) is 0 Å². The highest BCUT2D eigenvalue weighted by Crippen LogP contribution is 2.23. The van der Waals surface area contributed by atoms with Gasteiger partial charge in [-0.05, 0) is 18.4 Å². The van der Waals surface area contributed by atoms with E-state index in [1.165, 1.54) is 5.56 Å². The van der Waals surface area contributed by atoms with E-state index in [9.17, 15) is 5.11 Å². The van der Waals surface area contributed by atoms with Gasteiger partial charge in [0.2, 0.25) is 0 Å². The molecule has 1 rings (SSSR count). The minimum atomic E-state index is -0.320. The first kappa shape index (κ1) is 12.0. The molecule has 0 heterocycles. The second kappa shape index (κ2) is 5.72. The number of rotatable bonds is 5. The Kier molecular flexibility index (Phi) is 4.57. The van der Waals surface area contributed by atoms with Crippen molar-refractivity contribution in [2.24, 2.45) is 0 Å². The first-order chi connectivity index (χ1) is 7.15. The Morgan fingerprint density at radius 1 is 1.33 bits per heavy atom. The minimum Gasteiger partial charge on any atom is -0.392 e. The molecule has 0 spiro atoms. The van der Waals surface area contributed by atoms with Crippen LogP contribution in [0.1, 0.15) is 38.2 Å². The lowest BCUT2D eigenvalue weighted by Gasteiger charge is -2.19. The van der Waals surface area contributed by atoms with E-state index in [-0.39, 0.29) is 12.0 Å². The van der Waals surface area contributed by atoms with Gasteiger partial charge in [-0.15, -0.1) is 0 Å². The molecule has 82 valence electrons. The highest BCUT2D eigenvalue weighted by atomic mass is 16.3. The third kappa shape index (κ3) is 3.52. The maximum absolute atomic E-state index is 10.0. The summed E-state index contributed by atoms with van der Waals surface area (Å²) in [5.41, 5.74) is 2.30. The molecule has 1 heteroatoms. The normalized spacial score (nSPS) is 14.6. The second-order valence-electron chi connectivity index (χ2n) is 4.07. The van der Waals surface area contributed by atoms with Gasteiger partial charge in [-0.1, -0.05) is 56.3 Å². The first-order valence-corrected chi connectivity index (χ1v) is 5.54. The molecular formula is C14H20O. The van der Waals surface area contributed by atoms with E-state index in [4.69, 9.17) is 0 Å². The predicted molar refractivity (Wildman–Crippen MR) is 64.9 cm³/mol. The van der Waals surface area contributed by atoms with Crippen molar-refractivity contribution in [1.82, 2.24) is 0 Å². The molecule has 0 aliphatic heterocycles. The van der Waals surface area contributed by atoms with Crippen LogP contribution in [0.4, 0.5) is 0 Å². The van der Waals surface area contributed by atoms with Crippen molar-refractivity contribution in [3.05, 3.63) is 48.0 Å². The maximum atomic E-state index is 10.0. The Labute approximate surface area is 92.5 Å². The van der Waals surface area contributed by atoms with Crippen molar-refractivity contribution in [3.63, 3.8) is 0 Å². The van der Waals surface area contributed by atoms with E-state index in [2.05, 4.69) is 32.6 Å². The Hall–Kier alpha value is -1.08. The highest BCUT2D eigenvalue weighted by Gasteiger charge is 2.16. The Bertz CT molecular complexity index is 302. The Morgan fingerprint density at radius 2 is 1.93 bits per heavy atom. The van der Waals surface area contributed by atoms with Crippen LogP contribution in [0.25, 0.3) is 0 Å². The van der Waals surface area contributed by atoms with Crippen LogP contribution in [0.2, 0.25) is 0 Å². The number of hydrogen-bond acceptors (Lipinski definition) is 1. The van der Waals surface area contributed by atoms with Gasteiger partial charge in [0.05, 0.1) is 6.10 Å². The van der Waals surface area contributed by atoms with E-state index in [1.807, 2.05) is 18.2 Å². The zero-order valence-electron chi connectivity index (χ0n) is 9.61. The average molecular weight is 204 g/mol. The van der Waals surface area contributed by atoms with Gasteiger partial charge in [-0.3, -0.25) is 0 Å². The third-order valence-electron chi connectivity index (χ3n) is 2.90. The summed E-state index contributed by atoms with van der Waals surface area (Å²) in [6, 6.07) is 10.1. The molecule has 0 fully saturated rings. The summed E-state index contributed by atoms with van der Waals surface area (Å²) in [5, 5.41) is 10.0. The molecule has 0 bridgehead atoms. The van der Waals surface area contributed by atoms with Gasteiger partial charge in [0.1, 0.15) is 0 Å². The van der Waals surface area contributed by atoms with Gasteiger partial charge in [0, 0.05) is 5.92 Å². The van der Waals surface area contributed by atoms with E-state index in [0.29, 0.717) is 6.42 Å². The van der Waals surface area contributed by atoms with Gasteiger partial charge in [0.25, 0.3) is 0 Å². The van der Waals surface area contributed by atoms with Crippen molar-refractivity contribution in [3.8, 4) is 0 Å². The lowest BCUT2D eigenvalue weighted by atomic mass is 9.91. The lowest BCUT2D eigenvalue weighted by Crippen LogP contribution is -2.16. The van der Waals surface area contributed by atoms with Gasteiger partial charge in [0.15, 0.2) is 0 Å². The molecule has 2 atom stereocenters. The fraction of sp³-hybridized carbons (Fsp3) is 0.429. The molecule has 1 nitrogen and oxygen atoms in total. The van der Waals surface area contributed by atoms with Crippen LogP contribution in [0.15, 0.2) is 42.5 Å². The highest BCUT2D eigenvalue weighted by molar-refractivity contribution is 5.20. The molecule has 1 aromatic rings. The summed E-state index contributed by atoms with van der Waals surface area (Å²) in [6.07, 6.45) is 1.32. The van der Waals surface area contributed by atoms with Gasteiger partial charge < -0.3 is 5.11 Å². The molecule has 1 N–H and O–H groups in total. The topological polar surface area (TPSA) is 20.2 Å². The number of benzene rings is 1. The van der Waals surface area contributed by atoms with E-state index in [0.717, 1.165) is 12.0 Å². The van der Waals surface area contributed by atoms with Crippen LogP contribution >= 0.6 is 0 Å². The van der Waals surface area contributed by atoms with Crippen molar-refractivity contribution < 1.29 is 5.11 Å². The van der Waals surface area contributed by atoms with Crippen LogP contribution in [0, 0.1) is 0 Å². The summed E-state index contributed by atoms with van der Waals surface area (Å²) >= 11 is 0. The van der Waals surface area contributed by atoms with Crippen LogP contribution in [0.5, 0.6) is 0 Å². The predicted octanol–water partition coefficient (Wildman–Crippen LogP) is 3.51. The van der Waals surface area contributed by atoms with Crippen LogP contribution in [0.3, 0.4) is 0 Å². The van der Waals surface area contributed by atoms with Gasteiger partial charge in [-0.2, -0.15) is 0 Å². The Balaban J connectivity index is 2.61. The summed E-state index contributed by atoms with van der Waals surface area (Å²) in [6.45, 7) is 8.06. The SMILES string of the molecule is C=C(CC)CC(O)C(C)c1ccccc1. The summed E-state index contributed by atoms with van der Waals surface area (Å²) < 4.78 is 0. The summed E-state index contributed by atoms with van der Waals surface area (Å²) in [7, 11) is 0. The second-order valence-corrected chi connectivity index (χ2v) is 4.07. The van der Waals surface area contributed by atoms with Crippen molar-refractivity contribution in [2.45, 2.75) is 38.7 Å². The van der Waals surface area contributed by atoms with Crippen LogP contribution in [-0.4, -0.2) is 11.2 Å². The van der Waals surface area contributed by atoms with Crippen molar-refractivity contribution in [2.75, 3.05) is 0 Å². The molecule has 0 saturated carbocycles. The maximum Gasteiger partial charge on any atom is 0.0642 e. The quantitative estimate of drug-likeness (QED) is 0.728. The zero-order chi connectivity index (χ0) is 11.3. The standard InChI is InChI=1S/C14H20O/c1-4-11(2)10-14(15)12(3)13-8-6-5-7-9-13/h5-9,12,14-15H,2,4,10H2,1,3H3. The molecule has 2 unspecified atom stereocenters. The molecule has 0 amide bonds. The molecule has 0 aliphatic carbocycles. The molecular weight excluding hydrogens is 184 g/mol. The monoisotopic (exact) mass is 204 g/mol. The molecule has 0 saturated heterocycles. The molecule has 1 aromatic carbocycles. The van der Waals surface area contributed by atoms with Crippen molar-refractivity contribution >= 4 is 0 Å². The minimum absolute atomic E-state index is 0.175. The van der Waals surface area contributed by atoms with E-state index in [1.54, 1.807) is 0 Å². The summed E-state index contributed by atoms with van der Waals surface area (Å²) in [4.78, 5) is 0. The largest absolute Gasteiger partial charge is 0.392 e. The van der Waals surface area contributed by atoms with Crippen LogP contribution in [-0.2, 0) is 0 Å². The van der Waals surface area contributed by atoms with Crippen molar-refractivity contribution in [1.29, 1.82) is 0 Å². The fourth-order valence-corrected chi connectivity index (χ4v) is 1.60. The number of aliphatic hydroxyl groups is 1. The third-order valence-corrected chi connectivity index (χ3v) is 2.90. The molecule has 15 heavy (non-hydrogen) atoms. The molecule has 0 radical (unpaired) electrons. The zero-order valence-corrected chi connectivity index (χ0v) is 9.61. The summed E-state index contributed by atoms with van der Waals surface area (Å²) in [5.74, 6) is 0.175. The molecule has 0 aromatic heterocycles. The molecule has 0 aliphatic rings. The van der Waals surface area contributed by atoms with Gasteiger partial charge >= 0.3 is 0 Å². The number of hydrogen-bond donors (Lipinski definition) is 1. The van der Waals surface area contributed by atoms with E-state index >= 15 is 0 Å². The number of aliphatic hydroxyl groups excluding tert-OH is 1. The average Bonchev–Trinajstić information content (AvgIpc) is 2.29. The van der Waals surface area contributed by atoms with E-state index < -0.39 is 0 Å². The first-order valence-electron chi connectivity index (χ1n) is 5.54. The smallest absolute Gasteiger partial charge is 0.0642 e. The lowest BCUT2D eigenvalue weighted by molar-refractivity contribution is 0.149. The van der Waals surface area contributed by atoms with Crippen LogP contribution < -0.4 is 0 Å².